The molecule has 0 unspecified atom stereocenters. The fourth-order valence-electron chi connectivity index (χ4n) is 1.30. The zero-order valence-corrected chi connectivity index (χ0v) is 10.4. The third-order valence-corrected chi connectivity index (χ3v) is 2.15. The second kappa shape index (κ2) is 7.68. The molecule has 0 heterocycles. The second-order valence-electron chi connectivity index (χ2n) is 3.65. The lowest BCUT2D eigenvalue weighted by Gasteiger charge is -2.07. The number of ether oxygens (including phenoxy) is 2. The third-order valence-electron chi connectivity index (χ3n) is 2.15. The Morgan fingerprint density at radius 3 is 2.65 bits per heavy atom. The smallest absolute Gasteiger partial charge is 0.332 e. The Balaban J connectivity index is 2.08. The van der Waals surface area contributed by atoms with Gasteiger partial charge in [-0.2, -0.15) is 0 Å². The van der Waals surface area contributed by atoms with E-state index in [4.69, 9.17) is 9.47 Å². The Bertz CT molecular complexity index is 335. The van der Waals surface area contributed by atoms with E-state index in [0.29, 0.717) is 19.8 Å². The van der Waals surface area contributed by atoms with Gasteiger partial charge >= 0.3 is 5.97 Å². The van der Waals surface area contributed by atoms with E-state index in [0.717, 1.165) is 5.69 Å². The minimum Gasteiger partial charge on any atom is -0.464 e. The summed E-state index contributed by atoms with van der Waals surface area (Å²) >= 11 is 0. The number of anilines is 1. The zero-order chi connectivity index (χ0) is 12.5. The summed E-state index contributed by atoms with van der Waals surface area (Å²) in [4.78, 5) is 10.9. The van der Waals surface area contributed by atoms with Crippen LogP contribution in [0.1, 0.15) is 12.5 Å². The molecule has 0 spiro atoms. The van der Waals surface area contributed by atoms with Crippen molar-refractivity contribution in [3.8, 4) is 0 Å². The lowest BCUT2D eigenvalue weighted by molar-refractivity contribution is -0.148. The Morgan fingerprint density at radius 1 is 1.29 bits per heavy atom. The Kier molecular flexibility index (Phi) is 6.10. The van der Waals surface area contributed by atoms with Crippen LogP contribution in [-0.4, -0.2) is 32.3 Å². The molecule has 0 saturated carbocycles. The van der Waals surface area contributed by atoms with Crippen molar-refractivity contribution in [3.05, 3.63) is 29.8 Å². The normalized spacial score (nSPS) is 10.0. The van der Waals surface area contributed by atoms with Crippen LogP contribution in [0.5, 0.6) is 0 Å². The predicted molar refractivity (Wildman–Crippen MR) is 67.1 cm³/mol. The van der Waals surface area contributed by atoms with Crippen LogP contribution in [0.15, 0.2) is 24.3 Å². The summed E-state index contributed by atoms with van der Waals surface area (Å²) in [7, 11) is 0. The predicted octanol–water partition coefficient (Wildman–Crippen LogP) is 1.99. The molecule has 1 aromatic carbocycles. The molecule has 1 rings (SSSR count). The molecule has 0 aromatic heterocycles. The van der Waals surface area contributed by atoms with Crippen LogP contribution >= 0.6 is 0 Å². The Hall–Kier alpha value is -1.55. The first kappa shape index (κ1) is 13.5. The first-order valence-electron chi connectivity index (χ1n) is 5.76. The summed E-state index contributed by atoms with van der Waals surface area (Å²) in [5, 5.41) is 3.20. The van der Waals surface area contributed by atoms with Gasteiger partial charge in [0.05, 0.1) is 13.2 Å². The molecule has 0 aliphatic heterocycles. The number of carbonyl (C=O) groups excluding carboxylic acids is 1. The molecule has 0 radical (unpaired) electrons. The number of benzene rings is 1. The number of esters is 1. The van der Waals surface area contributed by atoms with E-state index in [1.807, 2.05) is 31.2 Å². The van der Waals surface area contributed by atoms with E-state index in [9.17, 15) is 4.79 Å². The van der Waals surface area contributed by atoms with E-state index >= 15 is 0 Å². The van der Waals surface area contributed by atoms with Gasteiger partial charge in [-0.25, -0.2) is 4.79 Å². The minimum atomic E-state index is -0.317. The number of hydrogen-bond donors (Lipinski definition) is 1. The van der Waals surface area contributed by atoms with Crippen LogP contribution < -0.4 is 5.32 Å². The lowest BCUT2D eigenvalue weighted by Crippen LogP contribution is -2.16. The van der Waals surface area contributed by atoms with E-state index in [2.05, 4.69) is 5.32 Å². The fraction of sp³-hybridized carbons (Fsp3) is 0.462. The van der Waals surface area contributed by atoms with E-state index < -0.39 is 0 Å². The molecule has 94 valence electrons. The average molecular weight is 237 g/mol. The van der Waals surface area contributed by atoms with E-state index in [1.165, 1.54) is 5.56 Å². The quantitative estimate of drug-likeness (QED) is 0.582. The van der Waals surface area contributed by atoms with Gasteiger partial charge in [-0.15, -0.1) is 0 Å². The summed E-state index contributed by atoms with van der Waals surface area (Å²) in [6.07, 6.45) is 0. The van der Waals surface area contributed by atoms with Crippen molar-refractivity contribution < 1.29 is 14.3 Å². The lowest BCUT2D eigenvalue weighted by atomic mass is 10.2. The van der Waals surface area contributed by atoms with Gasteiger partial charge in [0.25, 0.3) is 0 Å². The van der Waals surface area contributed by atoms with Crippen LogP contribution in [0.3, 0.4) is 0 Å². The van der Waals surface area contributed by atoms with Crippen molar-refractivity contribution >= 4 is 11.7 Å². The minimum absolute atomic E-state index is 0.0173. The van der Waals surface area contributed by atoms with Gasteiger partial charge in [0.15, 0.2) is 0 Å². The third kappa shape index (κ3) is 5.92. The van der Waals surface area contributed by atoms with Crippen molar-refractivity contribution in [2.75, 3.05) is 31.7 Å². The first-order chi connectivity index (χ1) is 8.22. The van der Waals surface area contributed by atoms with Crippen LogP contribution in [0.25, 0.3) is 0 Å². The van der Waals surface area contributed by atoms with Gasteiger partial charge in [0.2, 0.25) is 0 Å². The van der Waals surface area contributed by atoms with E-state index in [1.54, 1.807) is 6.92 Å². The monoisotopic (exact) mass is 237 g/mol. The highest BCUT2D eigenvalue weighted by atomic mass is 16.6. The molecule has 0 aliphatic carbocycles. The van der Waals surface area contributed by atoms with Gasteiger partial charge in [-0.3, -0.25) is 0 Å². The van der Waals surface area contributed by atoms with Crippen molar-refractivity contribution in [1.82, 2.24) is 0 Å². The number of carbonyl (C=O) groups is 1. The Morgan fingerprint density at radius 2 is 2.00 bits per heavy atom. The maximum Gasteiger partial charge on any atom is 0.332 e. The summed E-state index contributed by atoms with van der Waals surface area (Å²) in [5.74, 6) is -0.317. The molecule has 1 aromatic rings. The van der Waals surface area contributed by atoms with Gasteiger partial charge < -0.3 is 14.8 Å². The van der Waals surface area contributed by atoms with Crippen LogP contribution in [0, 0.1) is 6.92 Å². The first-order valence-corrected chi connectivity index (χ1v) is 5.76. The molecule has 0 aliphatic rings. The van der Waals surface area contributed by atoms with Crippen molar-refractivity contribution in [1.29, 1.82) is 0 Å². The van der Waals surface area contributed by atoms with Crippen LogP contribution in [-0.2, 0) is 14.3 Å². The Labute approximate surface area is 102 Å². The highest BCUT2D eigenvalue weighted by molar-refractivity contribution is 5.70. The largest absolute Gasteiger partial charge is 0.464 e. The average Bonchev–Trinajstić information content (AvgIpc) is 2.31. The van der Waals surface area contributed by atoms with Gasteiger partial charge in [0.1, 0.15) is 6.61 Å². The molecule has 17 heavy (non-hydrogen) atoms. The van der Waals surface area contributed by atoms with Gasteiger partial charge in [0, 0.05) is 12.2 Å². The molecular formula is C13H19NO3. The van der Waals surface area contributed by atoms with Crippen LogP contribution in [0.2, 0.25) is 0 Å². The summed E-state index contributed by atoms with van der Waals surface area (Å²) in [5.41, 5.74) is 2.28. The van der Waals surface area contributed by atoms with Crippen molar-refractivity contribution in [2.45, 2.75) is 13.8 Å². The molecular weight excluding hydrogens is 218 g/mol. The molecule has 4 nitrogen and oxygen atoms in total. The highest BCUT2D eigenvalue weighted by Crippen LogP contribution is 2.07. The number of nitrogens with one attached hydrogen (secondary N) is 1. The number of hydrogen-bond acceptors (Lipinski definition) is 4. The number of rotatable bonds is 7. The molecule has 0 fully saturated rings. The fourth-order valence-corrected chi connectivity index (χ4v) is 1.30. The zero-order valence-electron chi connectivity index (χ0n) is 10.4. The molecule has 0 bridgehead atoms. The van der Waals surface area contributed by atoms with Crippen LogP contribution in [0.4, 0.5) is 5.69 Å². The topological polar surface area (TPSA) is 47.6 Å². The highest BCUT2D eigenvalue weighted by Gasteiger charge is 2.00. The van der Waals surface area contributed by atoms with Crippen molar-refractivity contribution in [3.63, 3.8) is 0 Å². The summed E-state index contributed by atoms with van der Waals surface area (Å²) < 4.78 is 9.89. The van der Waals surface area contributed by atoms with Crippen molar-refractivity contribution in [2.24, 2.45) is 0 Å². The maximum absolute atomic E-state index is 10.9. The molecule has 0 amide bonds. The van der Waals surface area contributed by atoms with E-state index in [-0.39, 0.29) is 12.6 Å². The molecule has 0 atom stereocenters. The molecule has 0 saturated heterocycles. The van der Waals surface area contributed by atoms with Gasteiger partial charge in [-0.05, 0) is 26.0 Å². The summed E-state index contributed by atoms with van der Waals surface area (Å²) in [6.45, 7) is 5.38. The molecule has 4 heteroatoms. The SMILES string of the molecule is CCOC(=O)COCCNc1ccc(C)cc1. The van der Waals surface area contributed by atoms with Gasteiger partial charge in [-0.1, -0.05) is 17.7 Å². The summed E-state index contributed by atoms with van der Waals surface area (Å²) in [6, 6.07) is 8.12. The molecule has 1 N–H and O–H groups in total. The maximum atomic E-state index is 10.9. The standard InChI is InChI=1S/C13H19NO3/c1-3-17-13(15)10-16-9-8-14-12-6-4-11(2)5-7-12/h4-7,14H,3,8-10H2,1-2H3. The number of aryl methyl sites for hydroxylation is 1. The second-order valence-corrected chi connectivity index (χ2v) is 3.65.